The van der Waals surface area contributed by atoms with Gasteiger partial charge in [-0.1, -0.05) is 122 Å². The lowest BCUT2D eigenvalue weighted by Gasteiger charge is -2.58. The van der Waals surface area contributed by atoms with Crippen LogP contribution in [-0.2, 0) is 16.2 Å². The summed E-state index contributed by atoms with van der Waals surface area (Å²) in [5.74, 6) is 3.47. The number of benzene rings is 3. The molecule has 4 aliphatic carbocycles. The van der Waals surface area contributed by atoms with Crippen molar-refractivity contribution >= 4 is 45.9 Å². The van der Waals surface area contributed by atoms with Crippen molar-refractivity contribution in [3.63, 3.8) is 0 Å². The third kappa shape index (κ3) is 3.35. The third-order valence-electron chi connectivity index (χ3n) is 17.3. The molecule has 0 spiro atoms. The highest BCUT2D eigenvalue weighted by Crippen LogP contribution is 2.68. The van der Waals surface area contributed by atoms with Crippen molar-refractivity contribution in [3.8, 4) is 0 Å². The van der Waals surface area contributed by atoms with Gasteiger partial charge in [0, 0.05) is 33.6 Å². The van der Waals surface area contributed by atoms with Gasteiger partial charge in [-0.25, -0.2) is 0 Å². The fourth-order valence-corrected chi connectivity index (χ4v) is 14.5. The quantitative estimate of drug-likeness (QED) is 0.224. The van der Waals surface area contributed by atoms with Crippen LogP contribution in [0.2, 0.25) is 0 Å². The molecule has 49 heavy (non-hydrogen) atoms. The van der Waals surface area contributed by atoms with Crippen LogP contribution in [0.5, 0.6) is 0 Å². The predicted molar refractivity (Wildman–Crippen MR) is 208 cm³/mol. The van der Waals surface area contributed by atoms with Crippen molar-refractivity contribution in [2.75, 3.05) is 9.80 Å². The summed E-state index contributed by atoms with van der Waals surface area (Å²) in [6, 6.07) is 20.5. The molecule has 0 bridgehead atoms. The van der Waals surface area contributed by atoms with Gasteiger partial charge in [-0.2, -0.15) is 0 Å². The Morgan fingerprint density at radius 2 is 1.00 bits per heavy atom. The van der Waals surface area contributed by atoms with Crippen molar-refractivity contribution in [1.29, 1.82) is 0 Å². The Hall–Kier alpha value is -2.68. The predicted octanol–water partition coefficient (Wildman–Crippen LogP) is 9.66. The van der Waals surface area contributed by atoms with Crippen LogP contribution in [0.4, 0.5) is 22.7 Å². The molecule has 0 aromatic heterocycles. The molecule has 0 saturated heterocycles. The van der Waals surface area contributed by atoms with Gasteiger partial charge in [-0.15, -0.1) is 0 Å². The monoisotopic (exact) mass is 648 g/mol. The summed E-state index contributed by atoms with van der Waals surface area (Å²) >= 11 is 0. The van der Waals surface area contributed by atoms with Crippen molar-refractivity contribution in [3.05, 3.63) is 65.2 Å². The van der Waals surface area contributed by atoms with Gasteiger partial charge in [-0.05, 0) is 114 Å². The van der Waals surface area contributed by atoms with Gasteiger partial charge < -0.3 is 9.80 Å². The smallest absolute Gasteiger partial charge is 0.252 e. The van der Waals surface area contributed by atoms with Gasteiger partial charge in [0.15, 0.2) is 0 Å². The Labute approximate surface area is 296 Å². The molecule has 0 radical (unpaired) electrons. The second kappa shape index (κ2) is 9.21. The minimum Gasteiger partial charge on any atom is -0.335 e. The number of hydrogen-bond donors (Lipinski definition) is 0. The molecule has 3 aromatic rings. The highest BCUT2D eigenvalue weighted by molar-refractivity contribution is 7.00. The second-order valence-corrected chi connectivity index (χ2v) is 20.4. The van der Waals surface area contributed by atoms with Crippen LogP contribution in [-0.4, -0.2) is 17.8 Å². The molecule has 8 unspecified atom stereocenters. The van der Waals surface area contributed by atoms with Gasteiger partial charge >= 0.3 is 0 Å². The molecular weight excluding hydrogens is 591 g/mol. The Bertz CT molecular complexity index is 1830. The fraction of sp³-hybridized carbons (Fsp3) is 0.609. The minimum absolute atomic E-state index is 0.0660. The average molecular weight is 649 g/mol. The number of para-hydroxylation sites is 2. The van der Waals surface area contributed by atoms with E-state index >= 15 is 0 Å². The van der Waals surface area contributed by atoms with Crippen LogP contribution < -0.4 is 26.2 Å². The van der Waals surface area contributed by atoms with E-state index in [9.17, 15) is 0 Å². The largest absolute Gasteiger partial charge is 0.335 e. The van der Waals surface area contributed by atoms with E-state index < -0.39 is 0 Å². The lowest BCUT2D eigenvalue weighted by molar-refractivity contribution is 0.0577. The highest BCUT2D eigenvalue weighted by atomic mass is 15.3. The molecule has 3 aromatic carbocycles. The van der Waals surface area contributed by atoms with Crippen molar-refractivity contribution in [1.82, 2.24) is 0 Å². The summed E-state index contributed by atoms with van der Waals surface area (Å²) in [6.07, 6.45) is 16.8. The molecule has 0 N–H and O–H groups in total. The van der Waals surface area contributed by atoms with Gasteiger partial charge in [-0.3, -0.25) is 0 Å². The Morgan fingerprint density at radius 1 is 0.592 bits per heavy atom. The molecule has 2 nitrogen and oxygen atoms in total. The van der Waals surface area contributed by atoms with E-state index in [0.717, 1.165) is 23.7 Å². The van der Waals surface area contributed by atoms with Gasteiger partial charge in [0.25, 0.3) is 6.71 Å². The Kier molecular flexibility index (Phi) is 5.64. The highest BCUT2D eigenvalue weighted by Gasteiger charge is 2.67. The Morgan fingerprint density at radius 3 is 1.41 bits per heavy atom. The molecule has 4 fully saturated rings. The van der Waals surface area contributed by atoms with E-state index in [0.29, 0.717) is 6.71 Å². The first-order chi connectivity index (χ1) is 23.4. The first kappa shape index (κ1) is 30.0. The summed E-state index contributed by atoms with van der Waals surface area (Å²) in [7, 11) is 0. The maximum absolute atomic E-state index is 3.00. The zero-order chi connectivity index (χ0) is 33.5. The lowest BCUT2D eigenvalue weighted by atomic mass is 9.33. The number of nitrogens with zero attached hydrogens (tertiary/aromatic N) is 2. The second-order valence-electron chi connectivity index (χ2n) is 20.4. The molecule has 11 rings (SSSR count). The number of anilines is 4. The molecule has 254 valence electrons. The summed E-state index contributed by atoms with van der Waals surface area (Å²) in [4.78, 5) is 6.00. The van der Waals surface area contributed by atoms with Gasteiger partial charge in [0.2, 0.25) is 0 Å². The van der Waals surface area contributed by atoms with Crippen LogP contribution >= 0.6 is 0 Å². The van der Waals surface area contributed by atoms with E-state index in [1.165, 1.54) is 82.6 Å². The van der Waals surface area contributed by atoms with Crippen LogP contribution in [0, 0.1) is 23.7 Å². The summed E-state index contributed by atoms with van der Waals surface area (Å²) in [5.41, 5.74) is 16.4. The Balaban J connectivity index is 1.22. The molecular formula is C46H57BN2. The lowest BCUT2D eigenvalue weighted by Crippen LogP contribution is -2.67. The topological polar surface area (TPSA) is 6.48 Å². The average Bonchev–Trinajstić information content (AvgIpc) is 3.40. The van der Waals surface area contributed by atoms with Gasteiger partial charge in [0.05, 0.1) is 11.1 Å². The van der Waals surface area contributed by atoms with E-state index in [4.69, 9.17) is 0 Å². The first-order valence-corrected chi connectivity index (χ1v) is 20.4. The minimum atomic E-state index is 0.0660. The number of hydrogen-bond acceptors (Lipinski definition) is 2. The number of fused-ring (bicyclic) bond motifs is 12. The normalized spacial score (nSPS) is 39.0. The first-order valence-electron chi connectivity index (χ1n) is 20.4. The standard InChI is InChI=1S/C46H57BN2/c1-42(2,3)32-22-37-39-38(23-32)49-41-34(44(5)25-29-15-9-11-17-31(29)27-46(44,49)7)19-13-21-36(41)47(39)35-20-12-18-33-40(35)48(37)45(6)26-30-16-10-8-14-28(30)24-43(33,45)4/h12-13,18-23,28-31H,8-11,14-17,24-27H2,1-7H3. The molecule has 4 heterocycles. The van der Waals surface area contributed by atoms with E-state index in [1.807, 2.05) is 0 Å². The van der Waals surface area contributed by atoms with Crippen LogP contribution in [0.3, 0.4) is 0 Å². The van der Waals surface area contributed by atoms with Crippen molar-refractivity contribution in [2.24, 2.45) is 23.7 Å². The van der Waals surface area contributed by atoms with E-state index in [2.05, 4.69) is 107 Å². The molecule has 3 heteroatoms. The van der Waals surface area contributed by atoms with Crippen molar-refractivity contribution in [2.45, 2.75) is 153 Å². The van der Waals surface area contributed by atoms with Gasteiger partial charge in [0.1, 0.15) is 0 Å². The van der Waals surface area contributed by atoms with Crippen LogP contribution in [0.1, 0.15) is 142 Å². The maximum Gasteiger partial charge on any atom is 0.252 e. The summed E-state index contributed by atoms with van der Waals surface area (Å²) < 4.78 is 0. The van der Waals surface area contributed by atoms with E-state index in [-0.39, 0.29) is 27.3 Å². The summed E-state index contributed by atoms with van der Waals surface area (Å²) in [6.45, 7) is 18.4. The fourth-order valence-electron chi connectivity index (χ4n) is 14.5. The molecule has 8 aliphatic rings. The van der Waals surface area contributed by atoms with Crippen LogP contribution in [0.25, 0.3) is 0 Å². The molecule has 0 amide bonds. The molecule has 8 atom stereocenters. The number of rotatable bonds is 0. The third-order valence-corrected chi connectivity index (χ3v) is 17.3. The molecule has 4 saturated carbocycles. The SMILES string of the molecule is CC(C)(C)c1cc2c3c(c1)N1c4c(cccc4C4(C)CC5CCCCC5CC14C)B3c1cccc3c1N2C1(C)CC2CCCCC2CC31C. The maximum atomic E-state index is 3.00. The zero-order valence-corrected chi connectivity index (χ0v) is 31.4. The summed E-state index contributed by atoms with van der Waals surface area (Å²) in [5, 5.41) is 0. The zero-order valence-electron chi connectivity index (χ0n) is 31.4. The van der Waals surface area contributed by atoms with E-state index in [1.54, 1.807) is 50.3 Å². The molecule has 4 aliphatic heterocycles. The van der Waals surface area contributed by atoms with Crippen LogP contribution in [0.15, 0.2) is 48.5 Å². The van der Waals surface area contributed by atoms with Crippen molar-refractivity contribution < 1.29 is 0 Å².